The average Bonchev–Trinajstić information content (AvgIpc) is 2.47. The van der Waals surface area contributed by atoms with Crippen LogP contribution < -0.4 is 0 Å². The summed E-state index contributed by atoms with van der Waals surface area (Å²) in [6, 6.07) is 9.77. The second-order valence-electron chi connectivity index (χ2n) is 4.83. The Hall–Kier alpha value is -1.84. The Morgan fingerprint density at radius 1 is 1.25 bits per heavy atom. The van der Waals surface area contributed by atoms with Crippen LogP contribution >= 0.6 is 0 Å². The molecular weight excluding hydrogens is 254 g/mol. The van der Waals surface area contributed by atoms with Crippen LogP contribution in [0, 0.1) is 0 Å². The first-order valence-electron chi connectivity index (χ1n) is 6.98. The Morgan fingerprint density at radius 3 is 2.45 bits per heavy atom. The van der Waals surface area contributed by atoms with Crippen LogP contribution in [-0.2, 0) is 20.7 Å². The lowest BCUT2D eigenvalue weighted by molar-refractivity contribution is -0.142. The van der Waals surface area contributed by atoms with Crippen molar-refractivity contribution in [3.63, 3.8) is 0 Å². The van der Waals surface area contributed by atoms with E-state index < -0.39 is 0 Å². The highest BCUT2D eigenvalue weighted by molar-refractivity contribution is 5.79. The summed E-state index contributed by atoms with van der Waals surface area (Å²) in [5.74, 6) is -0.236. The zero-order chi connectivity index (χ0) is 15.0. The van der Waals surface area contributed by atoms with E-state index in [4.69, 9.17) is 0 Å². The number of amides is 1. The number of benzene rings is 1. The van der Waals surface area contributed by atoms with Gasteiger partial charge in [0.05, 0.1) is 20.0 Å². The van der Waals surface area contributed by atoms with Crippen molar-refractivity contribution in [3.05, 3.63) is 35.9 Å². The molecule has 0 heterocycles. The van der Waals surface area contributed by atoms with E-state index in [0.717, 1.165) is 12.0 Å². The number of hydrogen-bond acceptors (Lipinski definition) is 3. The van der Waals surface area contributed by atoms with Crippen LogP contribution in [0.3, 0.4) is 0 Å². The van der Waals surface area contributed by atoms with Gasteiger partial charge in [0.25, 0.3) is 0 Å². The van der Waals surface area contributed by atoms with Crippen molar-refractivity contribution in [2.45, 2.75) is 39.2 Å². The van der Waals surface area contributed by atoms with E-state index in [9.17, 15) is 9.59 Å². The summed E-state index contributed by atoms with van der Waals surface area (Å²) in [5, 5.41) is 0. The van der Waals surface area contributed by atoms with Gasteiger partial charge in [-0.15, -0.1) is 0 Å². The van der Waals surface area contributed by atoms with Crippen LogP contribution in [-0.4, -0.2) is 36.5 Å². The summed E-state index contributed by atoms with van der Waals surface area (Å²) < 4.78 is 4.64. The fraction of sp³-hybridized carbons (Fsp3) is 0.500. The maximum Gasteiger partial charge on any atom is 0.307 e. The van der Waals surface area contributed by atoms with E-state index in [1.54, 1.807) is 4.90 Å². The van der Waals surface area contributed by atoms with E-state index in [2.05, 4.69) is 4.74 Å². The lowest BCUT2D eigenvalue weighted by atomic mass is 10.1. The minimum Gasteiger partial charge on any atom is -0.469 e. The van der Waals surface area contributed by atoms with Crippen molar-refractivity contribution in [2.24, 2.45) is 0 Å². The van der Waals surface area contributed by atoms with E-state index >= 15 is 0 Å². The Bertz CT molecular complexity index is 431. The number of carbonyl (C=O) groups is 2. The normalized spacial score (nSPS) is 11.8. The van der Waals surface area contributed by atoms with Gasteiger partial charge in [0.1, 0.15) is 0 Å². The van der Waals surface area contributed by atoms with Gasteiger partial charge in [-0.25, -0.2) is 0 Å². The standard InChI is InChI=1S/C16H23NO3/c1-4-13(2)17(11-10-16(19)20-3)15(18)12-14-8-6-5-7-9-14/h5-9,13H,4,10-12H2,1-3H3. The lowest BCUT2D eigenvalue weighted by Crippen LogP contribution is -2.40. The molecule has 20 heavy (non-hydrogen) atoms. The molecule has 1 unspecified atom stereocenters. The second kappa shape index (κ2) is 8.35. The van der Waals surface area contributed by atoms with E-state index in [0.29, 0.717) is 13.0 Å². The second-order valence-corrected chi connectivity index (χ2v) is 4.83. The van der Waals surface area contributed by atoms with Crippen LogP contribution in [0.15, 0.2) is 30.3 Å². The smallest absolute Gasteiger partial charge is 0.307 e. The van der Waals surface area contributed by atoms with Gasteiger partial charge in [0.2, 0.25) is 5.91 Å². The zero-order valence-corrected chi connectivity index (χ0v) is 12.5. The van der Waals surface area contributed by atoms with Crippen LogP contribution in [0.5, 0.6) is 0 Å². The topological polar surface area (TPSA) is 46.6 Å². The SMILES string of the molecule is CCC(C)N(CCC(=O)OC)C(=O)Cc1ccccc1. The molecular formula is C16H23NO3. The summed E-state index contributed by atoms with van der Waals surface area (Å²) in [6.45, 7) is 4.44. The Balaban J connectivity index is 2.67. The molecule has 0 aliphatic rings. The quantitative estimate of drug-likeness (QED) is 0.719. The molecule has 1 atom stereocenters. The molecule has 0 aromatic heterocycles. The summed E-state index contributed by atoms with van der Waals surface area (Å²) in [4.78, 5) is 25.4. The van der Waals surface area contributed by atoms with Crippen LogP contribution in [0.25, 0.3) is 0 Å². The number of rotatable bonds is 7. The predicted molar refractivity (Wildman–Crippen MR) is 78.2 cm³/mol. The van der Waals surface area contributed by atoms with Gasteiger partial charge < -0.3 is 9.64 Å². The van der Waals surface area contributed by atoms with Crippen LogP contribution in [0.4, 0.5) is 0 Å². The molecule has 0 spiro atoms. The summed E-state index contributed by atoms with van der Waals surface area (Å²) in [5.41, 5.74) is 0.990. The highest BCUT2D eigenvalue weighted by atomic mass is 16.5. The lowest BCUT2D eigenvalue weighted by Gasteiger charge is -2.28. The number of nitrogens with zero attached hydrogens (tertiary/aromatic N) is 1. The first-order valence-corrected chi connectivity index (χ1v) is 6.98. The molecule has 0 saturated carbocycles. The molecule has 0 radical (unpaired) electrons. The third-order valence-electron chi connectivity index (χ3n) is 3.43. The molecule has 1 amide bonds. The van der Waals surface area contributed by atoms with Crippen LogP contribution in [0.2, 0.25) is 0 Å². The Kier molecular flexibility index (Phi) is 6.77. The molecule has 0 aliphatic carbocycles. The Labute approximate surface area is 120 Å². The van der Waals surface area contributed by atoms with E-state index in [1.807, 2.05) is 44.2 Å². The van der Waals surface area contributed by atoms with Crippen molar-refractivity contribution in [3.8, 4) is 0 Å². The third-order valence-corrected chi connectivity index (χ3v) is 3.43. The minimum atomic E-state index is -0.286. The molecule has 0 N–H and O–H groups in total. The molecule has 0 saturated heterocycles. The van der Waals surface area contributed by atoms with Crippen LogP contribution in [0.1, 0.15) is 32.3 Å². The maximum atomic E-state index is 12.4. The van der Waals surface area contributed by atoms with Gasteiger partial charge in [-0.3, -0.25) is 9.59 Å². The highest BCUT2D eigenvalue weighted by Crippen LogP contribution is 2.09. The van der Waals surface area contributed by atoms with Crippen molar-refractivity contribution >= 4 is 11.9 Å². The van der Waals surface area contributed by atoms with Crippen molar-refractivity contribution < 1.29 is 14.3 Å². The minimum absolute atomic E-state index is 0.0504. The van der Waals surface area contributed by atoms with Crippen molar-refractivity contribution in [2.75, 3.05) is 13.7 Å². The molecule has 1 aromatic carbocycles. The number of esters is 1. The van der Waals surface area contributed by atoms with Gasteiger partial charge in [0, 0.05) is 12.6 Å². The molecule has 1 rings (SSSR count). The largest absolute Gasteiger partial charge is 0.469 e. The Morgan fingerprint density at radius 2 is 1.90 bits per heavy atom. The molecule has 0 aliphatic heterocycles. The van der Waals surface area contributed by atoms with E-state index in [-0.39, 0.29) is 24.3 Å². The van der Waals surface area contributed by atoms with Gasteiger partial charge in [0.15, 0.2) is 0 Å². The monoisotopic (exact) mass is 277 g/mol. The molecule has 110 valence electrons. The first kappa shape index (κ1) is 16.2. The predicted octanol–water partition coefficient (Wildman–Crippen LogP) is 2.42. The van der Waals surface area contributed by atoms with Gasteiger partial charge >= 0.3 is 5.97 Å². The number of methoxy groups -OCH3 is 1. The van der Waals surface area contributed by atoms with Crippen molar-refractivity contribution in [1.82, 2.24) is 4.90 Å². The first-order chi connectivity index (χ1) is 9.58. The van der Waals surface area contributed by atoms with Crippen molar-refractivity contribution in [1.29, 1.82) is 0 Å². The number of carbonyl (C=O) groups excluding carboxylic acids is 2. The molecule has 4 heteroatoms. The van der Waals surface area contributed by atoms with E-state index in [1.165, 1.54) is 7.11 Å². The summed E-state index contributed by atoms with van der Waals surface area (Å²) >= 11 is 0. The molecule has 4 nitrogen and oxygen atoms in total. The molecule has 0 fully saturated rings. The number of ether oxygens (including phenoxy) is 1. The number of hydrogen-bond donors (Lipinski definition) is 0. The van der Waals surface area contributed by atoms with Gasteiger partial charge in [-0.2, -0.15) is 0 Å². The summed E-state index contributed by atoms with van der Waals surface area (Å²) in [7, 11) is 1.36. The maximum absolute atomic E-state index is 12.4. The third kappa shape index (κ3) is 5.03. The van der Waals surface area contributed by atoms with Gasteiger partial charge in [-0.05, 0) is 18.9 Å². The zero-order valence-electron chi connectivity index (χ0n) is 12.5. The molecule has 0 bridgehead atoms. The summed E-state index contributed by atoms with van der Waals surface area (Å²) in [6.07, 6.45) is 1.47. The fourth-order valence-electron chi connectivity index (χ4n) is 2.00. The van der Waals surface area contributed by atoms with Gasteiger partial charge in [-0.1, -0.05) is 37.3 Å². The highest BCUT2D eigenvalue weighted by Gasteiger charge is 2.20. The average molecular weight is 277 g/mol. The fourth-order valence-corrected chi connectivity index (χ4v) is 2.00. The molecule has 1 aromatic rings.